The van der Waals surface area contributed by atoms with Gasteiger partial charge in [-0.1, -0.05) is 38.0 Å². The maximum absolute atomic E-state index is 13.5. The van der Waals surface area contributed by atoms with E-state index < -0.39 is 119 Å². The van der Waals surface area contributed by atoms with Gasteiger partial charge in [0.2, 0.25) is 0 Å². The number of carbonyl (C=O) groups excluding carboxylic acids is 6. The Balaban J connectivity index is 1.49. The molecule has 0 radical (unpaired) electrons. The lowest BCUT2D eigenvalue weighted by atomic mass is 9.42. The molecule has 3 saturated carbocycles. The van der Waals surface area contributed by atoms with Crippen molar-refractivity contribution in [1.29, 1.82) is 0 Å². The Morgan fingerprint density at radius 3 is 2.00 bits per heavy atom. The summed E-state index contributed by atoms with van der Waals surface area (Å²) >= 11 is 0. The Kier molecular flexibility index (Phi) is 12.8. The summed E-state index contributed by atoms with van der Waals surface area (Å²) in [5, 5.41) is 37.7. The van der Waals surface area contributed by atoms with Crippen molar-refractivity contribution >= 4 is 35.6 Å². The van der Waals surface area contributed by atoms with Gasteiger partial charge in [-0.2, -0.15) is 0 Å². The Morgan fingerprint density at radius 2 is 1.43 bits per heavy atom. The highest BCUT2D eigenvalue weighted by atomic mass is 16.7. The van der Waals surface area contributed by atoms with Crippen LogP contribution in [-0.2, 0) is 61.9 Å². The normalized spacial score (nSPS) is 40.9. The summed E-state index contributed by atoms with van der Waals surface area (Å²) in [7, 11) is 0. The lowest BCUT2D eigenvalue weighted by Gasteiger charge is -2.67. The van der Waals surface area contributed by atoms with Crippen LogP contribution in [0, 0.1) is 22.7 Å². The molecule has 4 fully saturated rings. The van der Waals surface area contributed by atoms with Crippen molar-refractivity contribution in [3.8, 4) is 0 Å². The van der Waals surface area contributed by atoms with E-state index in [0.29, 0.717) is 12.8 Å². The first kappa shape index (κ1) is 45.4. The minimum atomic E-state index is -2.09. The average molecular weight is 821 g/mol. The van der Waals surface area contributed by atoms with E-state index in [1.165, 1.54) is 26.8 Å². The number of hydrogen-bond acceptors (Lipinski definition) is 16. The molecular formula is C42H60O16. The van der Waals surface area contributed by atoms with Crippen LogP contribution in [0.4, 0.5) is 0 Å². The molecule has 4 aliphatic carbocycles. The molecule has 0 aromatic rings. The zero-order valence-corrected chi connectivity index (χ0v) is 35.2. The third-order valence-electron chi connectivity index (χ3n) is 13.9. The van der Waals surface area contributed by atoms with Gasteiger partial charge in [-0.05, 0) is 77.0 Å². The van der Waals surface area contributed by atoms with Crippen LogP contribution in [-0.4, -0.2) is 117 Å². The molecule has 0 unspecified atom stereocenters. The predicted octanol–water partition coefficient (Wildman–Crippen LogP) is 3.09. The van der Waals surface area contributed by atoms with Crippen molar-refractivity contribution in [2.75, 3.05) is 6.61 Å². The predicted molar refractivity (Wildman–Crippen MR) is 201 cm³/mol. The quantitative estimate of drug-likeness (QED) is 0.118. The SMILES string of the molecule is CC(=O)OC[C@H]1O[C@@H](O[C@H]2CC[C@@]3(C)C(=CC[C@]4(O)[C@@H]3C[C@@H](OC(=O)/C=C(\C)C(C)C)[C@@]3(C)[C@]4(O)CC[C@@]3(O)C(C)=O)C2)[C@H](OC(C)=O)[C@@H](OC(C)=O)[C@@H]1OC(C)=O. The summed E-state index contributed by atoms with van der Waals surface area (Å²) < 4.78 is 40.7. The number of hydrogen-bond donors (Lipinski definition) is 3. The van der Waals surface area contributed by atoms with Crippen molar-refractivity contribution in [2.45, 2.75) is 174 Å². The third-order valence-corrected chi connectivity index (χ3v) is 13.9. The molecule has 1 saturated heterocycles. The summed E-state index contributed by atoms with van der Waals surface area (Å²) in [6.07, 6.45) is -4.52. The standard InChI is InChI=1S/C42H60O16/c1-21(2)22(3)17-33(48)58-32-19-31-38(9)13-12-29(18-28(38)11-14-41(31,50)42(51)16-15-40(49,23(4)43)39(32,42)10)56-37-36(55-27(8)47)35(54-26(7)46)34(53-25(6)45)30(57-37)20-52-24(5)44/h11,17,21,29-32,34-37,49-51H,12-16,18-20H2,1-10H3/b22-17+/t29-,30+,31+,32+,34+,35-,36+,37+,38-,39+,40+,41-,42+/m0/s1. The average Bonchev–Trinajstić information content (AvgIpc) is 3.34. The Labute approximate surface area is 338 Å². The van der Waals surface area contributed by atoms with Gasteiger partial charge in [-0.25, -0.2) is 4.79 Å². The third kappa shape index (κ3) is 7.75. The van der Waals surface area contributed by atoms with Gasteiger partial charge in [0.1, 0.15) is 35.6 Å². The molecule has 58 heavy (non-hydrogen) atoms. The number of ketones is 1. The minimum Gasteiger partial charge on any atom is -0.463 e. The van der Waals surface area contributed by atoms with Gasteiger partial charge in [0.15, 0.2) is 30.4 Å². The first-order valence-corrected chi connectivity index (χ1v) is 20.1. The molecule has 16 heteroatoms. The Hall–Kier alpha value is -3.70. The van der Waals surface area contributed by atoms with Crippen LogP contribution in [0.1, 0.15) is 114 Å². The van der Waals surface area contributed by atoms with Crippen LogP contribution in [0.25, 0.3) is 0 Å². The van der Waals surface area contributed by atoms with Crippen molar-refractivity contribution in [3.63, 3.8) is 0 Å². The summed E-state index contributed by atoms with van der Waals surface area (Å²) in [6.45, 7) is 14.6. The molecule has 16 nitrogen and oxygen atoms in total. The van der Waals surface area contributed by atoms with E-state index in [1.807, 2.05) is 26.8 Å². The van der Waals surface area contributed by atoms with Gasteiger partial charge in [0, 0.05) is 39.7 Å². The molecule has 1 aliphatic heterocycles. The molecule has 3 N–H and O–H groups in total. The van der Waals surface area contributed by atoms with E-state index in [0.717, 1.165) is 31.9 Å². The summed E-state index contributed by atoms with van der Waals surface area (Å²) in [5.74, 6) is -4.88. The number of aliphatic hydroxyl groups is 3. The molecule has 0 bridgehead atoms. The van der Waals surface area contributed by atoms with Crippen molar-refractivity contribution in [2.24, 2.45) is 22.7 Å². The van der Waals surface area contributed by atoms with E-state index in [2.05, 4.69) is 0 Å². The second-order valence-electron chi connectivity index (χ2n) is 17.6. The van der Waals surface area contributed by atoms with Gasteiger partial charge < -0.3 is 48.5 Å². The second-order valence-corrected chi connectivity index (χ2v) is 17.6. The van der Waals surface area contributed by atoms with Gasteiger partial charge >= 0.3 is 29.8 Å². The largest absolute Gasteiger partial charge is 0.463 e. The molecule has 5 aliphatic rings. The fraction of sp³-hybridized carbons (Fsp3) is 0.762. The molecule has 0 aromatic heterocycles. The highest BCUT2D eigenvalue weighted by Crippen LogP contribution is 2.71. The highest BCUT2D eigenvalue weighted by Gasteiger charge is 2.81. The molecule has 0 spiro atoms. The zero-order valence-electron chi connectivity index (χ0n) is 35.2. The first-order valence-electron chi connectivity index (χ1n) is 20.1. The van der Waals surface area contributed by atoms with Gasteiger partial charge in [-0.3, -0.25) is 24.0 Å². The van der Waals surface area contributed by atoms with Crippen molar-refractivity contribution < 1.29 is 77.2 Å². The molecule has 324 valence electrons. The maximum Gasteiger partial charge on any atom is 0.330 e. The van der Waals surface area contributed by atoms with E-state index in [-0.39, 0.29) is 38.0 Å². The number of fused-ring (bicyclic) bond motifs is 5. The molecule has 13 atom stereocenters. The summed E-state index contributed by atoms with van der Waals surface area (Å²) in [5.41, 5.74) is -6.89. The van der Waals surface area contributed by atoms with Crippen molar-refractivity contribution in [3.05, 3.63) is 23.3 Å². The molecule has 0 aromatic carbocycles. The van der Waals surface area contributed by atoms with Gasteiger partial charge in [0.25, 0.3) is 0 Å². The highest BCUT2D eigenvalue weighted by molar-refractivity contribution is 5.87. The maximum atomic E-state index is 13.5. The van der Waals surface area contributed by atoms with Crippen LogP contribution in [0.3, 0.4) is 0 Å². The molecule has 1 heterocycles. The fourth-order valence-electron chi connectivity index (χ4n) is 10.5. The molecule has 0 amide bonds. The lowest BCUT2D eigenvalue weighted by Crippen LogP contribution is -2.78. The van der Waals surface area contributed by atoms with Crippen LogP contribution in [0.15, 0.2) is 23.3 Å². The summed E-state index contributed by atoms with van der Waals surface area (Å²) in [4.78, 5) is 75.4. The number of allylic oxidation sites excluding steroid dienone is 1. The van der Waals surface area contributed by atoms with Crippen LogP contribution in [0.2, 0.25) is 0 Å². The minimum absolute atomic E-state index is 0.0320. The number of carbonyl (C=O) groups is 6. The topological polar surface area (TPSA) is 228 Å². The summed E-state index contributed by atoms with van der Waals surface area (Å²) in [6, 6.07) is 0. The molecule has 5 rings (SSSR count). The van der Waals surface area contributed by atoms with Crippen LogP contribution >= 0.6 is 0 Å². The van der Waals surface area contributed by atoms with Gasteiger partial charge in [-0.15, -0.1) is 0 Å². The van der Waals surface area contributed by atoms with E-state index in [4.69, 9.17) is 33.2 Å². The number of esters is 5. The van der Waals surface area contributed by atoms with Gasteiger partial charge in [0.05, 0.1) is 11.5 Å². The van der Waals surface area contributed by atoms with E-state index in [9.17, 15) is 44.1 Å². The zero-order chi connectivity index (χ0) is 43.3. The number of ether oxygens (including phenoxy) is 7. The van der Waals surface area contributed by atoms with Crippen LogP contribution in [0.5, 0.6) is 0 Å². The smallest absolute Gasteiger partial charge is 0.330 e. The van der Waals surface area contributed by atoms with E-state index in [1.54, 1.807) is 6.92 Å². The number of Topliss-reactive ketones (excluding diaryl/α,β-unsaturated/α-hetero) is 1. The Morgan fingerprint density at radius 1 is 0.828 bits per heavy atom. The lowest BCUT2D eigenvalue weighted by molar-refractivity contribution is -0.323. The Bertz CT molecular complexity index is 1740. The molecular weight excluding hydrogens is 760 g/mol. The van der Waals surface area contributed by atoms with Crippen LogP contribution < -0.4 is 0 Å². The second kappa shape index (κ2) is 16.4. The van der Waals surface area contributed by atoms with Crippen molar-refractivity contribution in [1.82, 2.24) is 0 Å². The first-order chi connectivity index (χ1) is 26.8. The number of rotatable bonds is 11. The fourth-order valence-corrected chi connectivity index (χ4v) is 10.5. The van der Waals surface area contributed by atoms with E-state index >= 15 is 0 Å². The monoisotopic (exact) mass is 820 g/mol.